The summed E-state index contributed by atoms with van der Waals surface area (Å²) >= 11 is 0. The van der Waals surface area contributed by atoms with Crippen LogP contribution >= 0.6 is 0 Å². The number of methoxy groups -OCH3 is 1. The summed E-state index contributed by atoms with van der Waals surface area (Å²) in [5, 5.41) is 11.9. The Kier molecular flexibility index (Phi) is 5.77. The van der Waals surface area contributed by atoms with Crippen LogP contribution < -0.4 is 5.32 Å². The minimum atomic E-state index is -0.267. The Balaban J connectivity index is 2.33. The summed E-state index contributed by atoms with van der Waals surface area (Å²) in [6.45, 7) is 2.53. The van der Waals surface area contributed by atoms with Crippen molar-refractivity contribution in [2.45, 2.75) is 38.6 Å². The van der Waals surface area contributed by atoms with E-state index in [4.69, 9.17) is 9.84 Å². The van der Waals surface area contributed by atoms with Gasteiger partial charge in [-0.2, -0.15) is 0 Å². The van der Waals surface area contributed by atoms with Crippen LogP contribution in [0.4, 0.5) is 0 Å². The Bertz CT molecular complexity index is 212. The second-order valence-electron chi connectivity index (χ2n) is 4.80. The third kappa shape index (κ3) is 4.10. The molecule has 0 aromatic heterocycles. The molecule has 1 atom stereocenters. The molecule has 0 aliphatic heterocycles. The van der Waals surface area contributed by atoms with Crippen molar-refractivity contribution in [3.8, 4) is 0 Å². The van der Waals surface area contributed by atoms with Crippen LogP contribution in [-0.2, 0) is 9.53 Å². The highest BCUT2D eigenvalue weighted by Crippen LogP contribution is 2.28. The predicted molar refractivity (Wildman–Crippen MR) is 62.0 cm³/mol. The van der Waals surface area contributed by atoms with Gasteiger partial charge in [-0.1, -0.05) is 6.92 Å². The molecule has 2 N–H and O–H groups in total. The third-order valence-electron chi connectivity index (χ3n) is 3.32. The molecule has 1 amide bonds. The first kappa shape index (κ1) is 13.5. The number of hydrogen-bond donors (Lipinski definition) is 2. The van der Waals surface area contributed by atoms with Crippen molar-refractivity contribution in [3.05, 3.63) is 0 Å². The Morgan fingerprint density at radius 2 is 2.06 bits per heavy atom. The summed E-state index contributed by atoms with van der Waals surface area (Å²) in [5.74, 6) is 0.946. The molecule has 1 aliphatic rings. The molecular weight excluding hydrogens is 206 g/mol. The lowest BCUT2D eigenvalue weighted by Crippen LogP contribution is -2.44. The molecule has 0 aromatic carbocycles. The lowest BCUT2D eigenvalue weighted by atomic mass is 9.82. The molecular formula is C12H23NO3. The lowest BCUT2D eigenvalue weighted by molar-refractivity contribution is -0.127. The van der Waals surface area contributed by atoms with Crippen LogP contribution in [0.2, 0.25) is 0 Å². The molecule has 0 aromatic rings. The molecule has 94 valence electrons. The molecule has 1 aliphatic carbocycles. The lowest BCUT2D eigenvalue weighted by Gasteiger charge is -2.26. The van der Waals surface area contributed by atoms with Gasteiger partial charge < -0.3 is 15.2 Å². The number of amides is 1. The maximum absolute atomic E-state index is 11.9. The van der Waals surface area contributed by atoms with Crippen molar-refractivity contribution in [1.82, 2.24) is 5.32 Å². The predicted octanol–water partition coefficient (Wildman–Crippen LogP) is 0.936. The van der Waals surface area contributed by atoms with E-state index in [2.05, 4.69) is 12.2 Å². The smallest absolute Gasteiger partial charge is 0.223 e. The van der Waals surface area contributed by atoms with Crippen LogP contribution in [0.15, 0.2) is 0 Å². The standard InChI is InChI=1S/C12H23NO3/c1-9-3-5-10(6-4-9)12(15)13-11(7-14)8-16-2/h9-11,14H,3-8H2,1-2H3,(H,13,15). The number of aliphatic hydroxyl groups excluding tert-OH is 1. The average molecular weight is 229 g/mol. The number of carbonyl (C=O) groups is 1. The number of aliphatic hydroxyl groups is 1. The van der Waals surface area contributed by atoms with Gasteiger partial charge in [0.25, 0.3) is 0 Å². The average Bonchev–Trinajstić information content (AvgIpc) is 2.29. The number of carbonyl (C=O) groups excluding carboxylic acids is 1. The van der Waals surface area contributed by atoms with Gasteiger partial charge in [-0.05, 0) is 31.6 Å². The van der Waals surface area contributed by atoms with Crippen LogP contribution in [0.5, 0.6) is 0 Å². The Labute approximate surface area is 97.4 Å². The van der Waals surface area contributed by atoms with Crippen LogP contribution in [0.1, 0.15) is 32.6 Å². The molecule has 4 heteroatoms. The monoisotopic (exact) mass is 229 g/mol. The quantitative estimate of drug-likeness (QED) is 0.737. The first-order chi connectivity index (χ1) is 7.67. The van der Waals surface area contributed by atoms with Gasteiger partial charge in [0.2, 0.25) is 5.91 Å². The van der Waals surface area contributed by atoms with Crippen molar-refractivity contribution in [1.29, 1.82) is 0 Å². The highest BCUT2D eigenvalue weighted by Gasteiger charge is 2.25. The molecule has 16 heavy (non-hydrogen) atoms. The zero-order chi connectivity index (χ0) is 12.0. The third-order valence-corrected chi connectivity index (χ3v) is 3.32. The second-order valence-corrected chi connectivity index (χ2v) is 4.80. The molecule has 0 saturated heterocycles. The topological polar surface area (TPSA) is 58.6 Å². The zero-order valence-electron chi connectivity index (χ0n) is 10.2. The van der Waals surface area contributed by atoms with Crippen LogP contribution in [-0.4, -0.2) is 37.4 Å². The largest absolute Gasteiger partial charge is 0.394 e. The van der Waals surface area contributed by atoms with Gasteiger partial charge in [0.05, 0.1) is 19.3 Å². The Morgan fingerprint density at radius 3 is 2.56 bits per heavy atom. The molecule has 4 nitrogen and oxygen atoms in total. The number of ether oxygens (including phenoxy) is 1. The maximum atomic E-state index is 11.9. The summed E-state index contributed by atoms with van der Waals surface area (Å²) in [4.78, 5) is 11.9. The summed E-state index contributed by atoms with van der Waals surface area (Å²) in [6.07, 6.45) is 4.20. The fourth-order valence-corrected chi connectivity index (χ4v) is 2.18. The number of nitrogens with one attached hydrogen (secondary N) is 1. The SMILES string of the molecule is COCC(CO)NC(=O)C1CCC(C)CC1. The molecule has 1 rings (SSSR count). The van der Waals surface area contributed by atoms with Crippen LogP contribution in [0.25, 0.3) is 0 Å². The van der Waals surface area contributed by atoms with Crippen molar-refractivity contribution in [3.63, 3.8) is 0 Å². The maximum Gasteiger partial charge on any atom is 0.223 e. The van der Waals surface area contributed by atoms with Gasteiger partial charge >= 0.3 is 0 Å². The molecule has 0 bridgehead atoms. The molecule has 1 saturated carbocycles. The van der Waals surface area contributed by atoms with Gasteiger partial charge in [0.1, 0.15) is 0 Å². The normalized spacial score (nSPS) is 27.4. The van der Waals surface area contributed by atoms with Crippen LogP contribution in [0, 0.1) is 11.8 Å². The fourth-order valence-electron chi connectivity index (χ4n) is 2.18. The zero-order valence-corrected chi connectivity index (χ0v) is 10.2. The van der Waals surface area contributed by atoms with Crippen molar-refractivity contribution in [2.24, 2.45) is 11.8 Å². The molecule has 0 heterocycles. The molecule has 0 spiro atoms. The van der Waals surface area contributed by atoms with E-state index in [1.165, 1.54) is 0 Å². The summed E-state index contributed by atoms with van der Waals surface area (Å²) < 4.78 is 4.93. The first-order valence-corrected chi connectivity index (χ1v) is 6.07. The van der Waals surface area contributed by atoms with Crippen molar-refractivity contribution >= 4 is 5.91 Å². The van der Waals surface area contributed by atoms with Crippen molar-refractivity contribution in [2.75, 3.05) is 20.3 Å². The minimum Gasteiger partial charge on any atom is -0.394 e. The van der Waals surface area contributed by atoms with E-state index in [0.29, 0.717) is 6.61 Å². The summed E-state index contributed by atoms with van der Waals surface area (Å²) in [7, 11) is 1.57. The highest BCUT2D eigenvalue weighted by molar-refractivity contribution is 5.79. The van der Waals surface area contributed by atoms with Gasteiger partial charge in [0, 0.05) is 13.0 Å². The van der Waals surface area contributed by atoms with E-state index in [1.54, 1.807) is 7.11 Å². The van der Waals surface area contributed by atoms with Gasteiger partial charge in [-0.15, -0.1) is 0 Å². The minimum absolute atomic E-state index is 0.0668. The Morgan fingerprint density at radius 1 is 1.44 bits per heavy atom. The molecule has 0 radical (unpaired) electrons. The van der Waals surface area contributed by atoms with Crippen molar-refractivity contribution < 1.29 is 14.6 Å². The summed E-state index contributed by atoms with van der Waals surface area (Å²) in [5.41, 5.74) is 0. The van der Waals surface area contributed by atoms with E-state index < -0.39 is 0 Å². The second kappa shape index (κ2) is 6.86. The highest BCUT2D eigenvalue weighted by atomic mass is 16.5. The van der Waals surface area contributed by atoms with E-state index in [-0.39, 0.29) is 24.5 Å². The molecule has 1 unspecified atom stereocenters. The van der Waals surface area contributed by atoms with E-state index in [9.17, 15) is 4.79 Å². The molecule has 1 fully saturated rings. The number of rotatable bonds is 5. The fraction of sp³-hybridized carbons (Fsp3) is 0.917. The Hall–Kier alpha value is -0.610. The van der Waals surface area contributed by atoms with Crippen LogP contribution in [0.3, 0.4) is 0 Å². The van der Waals surface area contributed by atoms with E-state index in [0.717, 1.165) is 31.6 Å². The van der Waals surface area contributed by atoms with E-state index >= 15 is 0 Å². The summed E-state index contributed by atoms with van der Waals surface area (Å²) in [6, 6.07) is -0.267. The van der Waals surface area contributed by atoms with Gasteiger partial charge in [-0.3, -0.25) is 4.79 Å². The van der Waals surface area contributed by atoms with Gasteiger partial charge in [0.15, 0.2) is 0 Å². The first-order valence-electron chi connectivity index (χ1n) is 6.07. The van der Waals surface area contributed by atoms with Gasteiger partial charge in [-0.25, -0.2) is 0 Å². The van der Waals surface area contributed by atoms with E-state index in [1.807, 2.05) is 0 Å². The number of hydrogen-bond acceptors (Lipinski definition) is 3.